The van der Waals surface area contributed by atoms with E-state index in [1.165, 1.54) is 38.8 Å². The molecule has 0 unspecified atom stereocenters. The van der Waals surface area contributed by atoms with E-state index in [1.54, 1.807) is 0 Å². The van der Waals surface area contributed by atoms with E-state index in [2.05, 4.69) is 18.7 Å². The SMILES string of the molecule is CCCCN(CCCC)CCOCCOCCCl. The Labute approximate surface area is 118 Å². The van der Waals surface area contributed by atoms with Gasteiger partial charge in [0.15, 0.2) is 0 Å². The molecular formula is C14H30ClNO2. The zero-order chi connectivity index (χ0) is 13.5. The molecular weight excluding hydrogens is 250 g/mol. The van der Waals surface area contributed by atoms with Crippen molar-refractivity contribution in [1.82, 2.24) is 4.90 Å². The first-order valence-electron chi connectivity index (χ1n) is 7.28. The number of ether oxygens (including phenoxy) is 2. The molecule has 0 aliphatic rings. The molecule has 110 valence electrons. The van der Waals surface area contributed by atoms with E-state index >= 15 is 0 Å². The van der Waals surface area contributed by atoms with Crippen molar-refractivity contribution in [1.29, 1.82) is 0 Å². The molecule has 0 aliphatic heterocycles. The second-order valence-electron chi connectivity index (χ2n) is 4.46. The summed E-state index contributed by atoms with van der Waals surface area (Å²) >= 11 is 5.51. The molecule has 0 aromatic heterocycles. The first kappa shape index (κ1) is 18.2. The molecule has 0 aromatic carbocycles. The van der Waals surface area contributed by atoms with Gasteiger partial charge in [-0.25, -0.2) is 0 Å². The van der Waals surface area contributed by atoms with Crippen LogP contribution in [0.4, 0.5) is 0 Å². The van der Waals surface area contributed by atoms with Gasteiger partial charge in [-0.05, 0) is 25.9 Å². The summed E-state index contributed by atoms with van der Waals surface area (Å²) in [7, 11) is 0. The largest absolute Gasteiger partial charge is 0.378 e. The standard InChI is InChI=1S/C14H30ClNO2/c1-3-5-8-16(9-6-4-2)10-12-18-14-13-17-11-7-15/h3-14H2,1-2H3. The number of nitrogens with zero attached hydrogens (tertiary/aromatic N) is 1. The molecule has 4 heteroatoms. The zero-order valence-electron chi connectivity index (χ0n) is 12.1. The van der Waals surface area contributed by atoms with Crippen molar-refractivity contribution in [3.63, 3.8) is 0 Å². The number of rotatable bonds is 14. The van der Waals surface area contributed by atoms with Crippen molar-refractivity contribution in [2.24, 2.45) is 0 Å². The van der Waals surface area contributed by atoms with Crippen LogP contribution in [0.2, 0.25) is 0 Å². The maximum absolute atomic E-state index is 5.56. The minimum atomic E-state index is 0.557. The van der Waals surface area contributed by atoms with Crippen LogP contribution in [-0.4, -0.2) is 56.8 Å². The van der Waals surface area contributed by atoms with E-state index in [9.17, 15) is 0 Å². The van der Waals surface area contributed by atoms with E-state index in [4.69, 9.17) is 21.1 Å². The Bertz CT molecular complexity index is 151. The highest BCUT2D eigenvalue weighted by molar-refractivity contribution is 6.17. The summed E-state index contributed by atoms with van der Waals surface area (Å²) in [4.78, 5) is 2.51. The topological polar surface area (TPSA) is 21.7 Å². The smallest absolute Gasteiger partial charge is 0.0701 e. The summed E-state index contributed by atoms with van der Waals surface area (Å²) in [5.74, 6) is 0.557. The van der Waals surface area contributed by atoms with Crippen LogP contribution in [0, 0.1) is 0 Å². The van der Waals surface area contributed by atoms with Gasteiger partial charge in [-0.2, -0.15) is 0 Å². The van der Waals surface area contributed by atoms with Gasteiger partial charge in [-0.15, -0.1) is 11.6 Å². The van der Waals surface area contributed by atoms with E-state index in [1.807, 2.05) is 0 Å². The van der Waals surface area contributed by atoms with E-state index in [0.717, 1.165) is 13.2 Å². The monoisotopic (exact) mass is 279 g/mol. The van der Waals surface area contributed by atoms with Crippen LogP contribution in [0.25, 0.3) is 0 Å². The Balaban J connectivity index is 3.43. The predicted molar refractivity (Wildman–Crippen MR) is 78.6 cm³/mol. The minimum absolute atomic E-state index is 0.557. The Hall–Kier alpha value is 0.170. The van der Waals surface area contributed by atoms with E-state index < -0.39 is 0 Å². The summed E-state index contributed by atoms with van der Waals surface area (Å²) in [6, 6.07) is 0. The highest BCUT2D eigenvalue weighted by Crippen LogP contribution is 1.99. The minimum Gasteiger partial charge on any atom is -0.378 e. The van der Waals surface area contributed by atoms with Crippen LogP contribution >= 0.6 is 11.6 Å². The second kappa shape index (κ2) is 15.2. The van der Waals surface area contributed by atoms with E-state index in [0.29, 0.717) is 25.7 Å². The number of hydrogen-bond donors (Lipinski definition) is 0. The molecule has 0 radical (unpaired) electrons. The fourth-order valence-electron chi connectivity index (χ4n) is 1.67. The van der Waals surface area contributed by atoms with E-state index in [-0.39, 0.29) is 0 Å². The fourth-order valence-corrected chi connectivity index (χ4v) is 1.78. The Morgan fingerprint density at radius 3 is 1.83 bits per heavy atom. The third-order valence-corrected chi connectivity index (χ3v) is 2.96. The molecule has 0 aromatic rings. The molecule has 0 atom stereocenters. The van der Waals surface area contributed by atoms with Crippen molar-refractivity contribution in [3.05, 3.63) is 0 Å². The molecule has 0 aliphatic carbocycles. The molecule has 0 saturated carbocycles. The van der Waals surface area contributed by atoms with Gasteiger partial charge in [0.25, 0.3) is 0 Å². The first-order valence-corrected chi connectivity index (χ1v) is 7.82. The Kier molecular flexibility index (Phi) is 15.4. The lowest BCUT2D eigenvalue weighted by Gasteiger charge is -2.21. The van der Waals surface area contributed by atoms with Crippen LogP contribution < -0.4 is 0 Å². The van der Waals surface area contributed by atoms with Gasteiger partial charge in [-0.1, -0.05) is 26.7 Å². The molecule has 18 heavy (non-hydrogen) atoms. The predicted octanol–water partition coefficient (Wildman–Crippen LogP) is 3.16. The normalized spacial score (nSPS) is 11.3. The lowest BCUT2D eigenvalue weighted by Crippen LogP contribution is -2.30. The highest BCUT2D eigenvalue weighted by Gasteiger charge is 2.03. The maximum atomic E-state index is 5.56. The summed E-state index contributed by atoms with van der Waals surface area (Å²) in [5, 5.41) is 0. The number of hydrogen-bond acceptors (Lipinski definition) is 3. The summed E-state index contributed by atoms with van der Waals surface area (Å²) in [5.41, 5.74) is 0. The molecule has 3 nitrogen and oxygen atoms in total. The van der Waals surface area contributed by atoms with Crippen LogP contribution in [0.1, 0.15) is 39.5 Å². The molecule has 0 bridgehead atoms. The third kappa shape index (κ3) is 12.6. The average molecular weight is 280 g/mol. The molecule has 0 fully saturated rings. The summed E-state index contributed by atoms with van der Waals surface area (Å²) in [6.45, 7) is 10.6. The maximum Gasteiger partial charge on any atom is 0.0701 e. The van der Waals surface area contributed by atoms with Crippen molar-refractivity contribution < 1.29 is 9.47 Å². The van der Waals surface area contributed by atoms with Gasteiger partial charge in [0, 0.05) is 12.4 Å². The lowest BCUT2D eigenvalue weighted by molar-refractivity contribution is 0.0430. The molecule has 0 spiro atoms. The van der Waals surface area contributed by atoms with Gasteiger partial charge < -0.3 is 14.4 Å². The lowest BCUT2D eigenvalue weighted by atomic mass is 10.2. The van der Waals surface area contributed by atoms with Crippen molar-refractivity contribution in [2.45, 2.75) is 39.5 Å². The van der Waals surface area contributed by atoms with Crippen LogP contribution in [0.5, 0.6) is 0 Å². The van der Waals surface area contributed by atoms with Crippen molar-refractivity contribution in [2.75, 3.05) is 51.9 Å². The van der Waals surface area contributed by atoms with Crippen molar-refractivity contribution >= 4 is 11.6 Å². The van der Waals surface area contributed by atoms with Gasteiger partial charge in [0.2, 0.25) is 0 Å². The molecule has 0 saturated heterocycles. The molecule has 0 heterocycles. The average Bonchev–Trinajstić information content (AvgIpc) is 2.40. The fraction of sp³-hybridized carbons (Fsp3) is 1.00. The second-order valence-corrected chi connectivity index (χ2v) is 4.84. The number of unbranched alkanes of at least 4 members (excludes halogenated alkanes) is 2. The summed E-state index contributed by atoms with van der Waals surface area (Å²) in [6.07, 6.45) is 5.08. The Morgan fingerprint density at radius 1 is 0.778 bits per heavy atom. The molecule has 0 amide bonds. The number of halogens is 1. The zero-order valence-corrected chi connectivity index (χ0v) is 12.9. The highest BCUT2D eigenvalue weighted by atomic mass is 35.5. The van der Waals surface area contributed by atoms with Crippen LogP contribution in [-0.2, 0) is 9.47 Å². The van der Waals surface area contributed by atoms with Crippen LogP contribution in [0.3, 0.4) is 0 Å². The van der Waals surface area contributed by atoms with Crippen LogP contribution in [0.15, 0.2) is 0 Å². The van der Waals surface area contributed by atoms with Gasteiger partial charge in [0.05, 0.1) is 26.4 Å². The first-order chi connectivity index (χ1) is 8.85. The van der Waals surface area contributed by atoms with Gasteiger partial charge >= 0.3 is 0 Å². The Morgan fingerprint density at radius 2 is 1.33 bits per heavy atom. The third-order valence-electron chi connectivity index (χ3n) is 2.80. The summed E-state index contributed by atoms with van der Waals surface area (Å²) < 4.78 is 10.8. The number of alkyl halides is 1. The van der Waals surface area contributed by atoms with Gasteiger partial charge in [-0.3, -0.25) is 0 Å². The van der Waals surface area contributed by atoms with Crippen molar-refractivity contribution in [3.8, 4) is 0 Å². The molecule has 0 rings (SSSR count). The molecule has 0 N–H and O–H groups in total. The quantitative estimate of drug-likeness (QED) is 0.360. The van der Waals surface area contributed by atoms with Gasteiger partial charge in [0.1, 0.15) is 0 Å².